The first-order chi connectivity index (χ1) is 10.0. The zero-order valence-corrected chi connectivity index (χ0v) is 12.8. The Kier molecular flexibility index (Phi) is 5.58. The van der Waals surface area contributed by atoms with Gasteiger partial charge in [0.2, 0.25) is 10.0 Å². The molecule has 2 rings (SSSR count). The second kappa shape index (κ2) is 7.22. The van der Waals surface area contributed by atoms with E-state index in [1.165, 1.54) is 31.4 Å². The molecule has 0 radical (unpaired) electrons. The van der Waals surface area contributed by atoms with Crippen LogP contribution in [0.25, 0.3) is 0 Å². The normalized spacial score (nSPS) is 16.0. The van der Waals surface area contributed by atoms with Gasteiger partial charge >= 0.3 is 0 Å². The van der Waals surface area contributed by atoms with Gasteiger partial charge in [-0.3, -0.25) is 4.90 Å². The number of hydrogen-bond donors (Lipinski definition) is 2. The molecule has 0 spiro atoms. The van der Waals surface area contributed by atoms with Crippen LogP contribution in [0.4, 0.5) is 0 Å². The summed E-state index contributed by atoms with van der Waals surface area (Å²) in [4.78, 5) is 2.31. The zero-order valence-electron chi connectivity index (χ0n) is 11.9. The molecule has 6 nitrogen and oxygen atoms in total. The summed E-state index contributed by atoms with van der Waals surface area (Å²) in [7, 11) is -3.66. The molecule has 0 aliphatic heterocycles. The molecule has 0 saturated heterocycles. The summed E-state index contributed by atoms with van der Waals surface area (Å²) in [6, 6.07) is 6.62. The maximum Gasteiger partial charge on any atom is 0.238 e. The highest BCUT2D eigenvalue weighted by molar-refractivity contribution is 7.89. The molecule has 1 aliphatic rings. The van der Waals surface area contributed by atoms with E-state index >= 15 is 0 Å². The number of rotatable bonds is 8. The number of nitrogens with two attached hydrogens (primary N) is 1. The Balaban J connectivity index is 1.82. The maximum atomic E-state index is 11.1. The van der Waals surface area contributed by atoms with Crippen molar-refractivity contribution in [3.8, 4) is 5.75 Å². The average molecular weight is 314 g/mol. The van der Waals surface area contributed by atoms with Gasteiger partial charge in [-0.15, -0.1) is 0 Å². The third-order valence-corrected chi connectivity index (χ3v) is 4.71. The van der Waals surface area contributed by atoms with Crippen LogP contribution in [0, 0.1) is 0 Å². The molecule has 7 heteroatoms. The van der Waals surface area contributed by atoms with E-state index in [4.69, 9.17) is 15.0 Å². The lowest BCUT2D eigenvalue weighted by Crippen LogP contribution is -2.43. The number of nitrogens with zero attached hydrogens (tertiary/aromatic N) is 1. The smallest absolute Gasteiger partial charge is 0.238 e. The summed E-state index contributed by atoms with van der Waals surface area (Å²) in [5, 5.41) is 14.1. The fourth-order valence-corrected chi connectivity index (χ4v) is 2.88. The van der Waals surface area contributed by atoms with Crippen LogP contribution in [0.2, 0.25) is 0 Å². The van der Waals surface area contributed by atoms with Crippen LogP contribution >= 0.6 is 0 Å². The number of primary sulfonamides is 1. The van der Waals surface area contributed by atoms with Gasteiger partial charge < -0.3 is 9.84 Å². The Labute approximate surface area is 125 Å². The van der Waals surface area contributed by atoms with Gasteiger partial charge in [0.25, 0.3) is 0 Å². The van der Waals surface area contributed by atoms with Gasteiger partial charge in [0.1, 0.15) is 12.4 Å². The summed E-state index contributed by atoms with van der Waals surface area (Å²) in [6.45, 7) is 2.07. The number of sulfonamides is 1. The second-order valence-corrected chi connectivity index (χ2v) is 6.77. The van der Waals surface area contributed by atoms with Crippen LogP contribution in [0.3, 0.4) is 0 Å². The van der Waals surface area contributed by atoms with Gasteiger partial charge in [0, 0.05) is 19.1 Å². The minimum atomic E-state index is -3.66. The molecule has 0 aromatic heterocycles. The van der Waals surface area contributed by atoms with E-state index in [1.54, 1.807) is 12.1 Å². The molecular formula is C14H22N2O4S. The Morgan fingerprint density at radius 3 is 2.38 bits per heavy atom. The van der Waals surface area contributed by atoms with Crippen molar-refractivity contribution in [3.05, 3.63) is 24.3 Å². The molecule has 0 atom stereocenters. The molecule has 0 heterocycles. The van der Waals surface area contributed by atoms with Crippen molar-refractivity contribution < 1.29 is 18.3 Å². The molecule has 1 aliphatic carbocycles. The fraction of sp³-hybridized carbons (Fsp3) is 0.571. The van der Waals surface area contributed by atoms with Crippen LogP contribution < -0.4 is 9.88 Å². The van der Waals surface area contributed by atoms with Crippen molar-refractivity contribution in [2.24, 2.45) is 5.14 Å². The van der Waals surface area contributed by atoms with Gasteiger partial charge in [-0.1, -0.05) is 6.42 Å². The summed E-state index contributed by atoms with van der Waals surface area (Å²) in [5.74, 6) is 0.611. The Morgan fingerprint density at radius 1 is 1.24 bits per heavy atom. The molecule has 118 valence electrons. The van der Waals surface area contributed by atoms with E-state index in [-0.39, 0.29) is 11.5 Å². The van der Waals surface area contributed by atoms with E-state index in [1.807, 2.05) is 0 Å². The highest BCUT2D eigenvalue weighted by Crippen LogP contribution is 2.24. The molecule has 0 bridgehead atoms. The zero-order chi connectivity index (χ0) is 15.3. The quantitative estimate of drug-likeness (QED) is 0.731. The van der Waals surface area contributed by atoms with E-state index in [2.05, 4.69) is 4.90 Å². The van der Waals surface area contributed by atoms with Crippen LogP contribution in [-0.4, -0.2) is 50.8 Å². The molecule has 0 unspecified atom stereocenters. The lowest BCUT2D eigenvalue weighted by Gasteiger charge is -2.37. The van der Waals surface area contributed by atoms with Crippen molar-refractivity contribution in [1.82, 2.24) is 4.90 Å². The third kappa shape index (κ3) is 4.67. The standard InChI is InChI=1S/C14H22N2O4S/c15-21(18,19)14-6-4-13(5-7-14)20-11-9-16(8-10-17)12-2-1-3-12/h4-7,12,17H,1-3,8-11H2,(H2,15,18,19). The van der Waals surface area contributed by atoms with Gasteiger partial charge in [0.05, 0.1) is 11.5 Å². The van der Waals surface area contributed by atoms with Crippen molar-refractivity contribution in [2.45, 2.75) is 30.2 Å². The summed E-state index contributed by atoms with van der Waals surface area (Å²) in [5.41, 5.74) is 0. The van der Waals surface area contributed by atoms with E-state index < -0.39 is 10.0 Å². The van der Waals surface area contributed by atoms with Gasteiger partial charge in [0.15, 0.2) is 0 Å². The number of hydrogen-bond acceptors (Lipinski definition) is 5. The van der Waals surface area contributed by atoms with Crippen molar-refractivity contribution >= 4 is 10.0 Å². The predicted octanol–water partition coefficient (Wildman–Crippen LogP) is 0.560. The first-order valence-corrected chi connectivity index (χ1v) is 8.66. The predicted molar refractivity (Wildman–Crippen MR) is 79.6 cm³/mol. The first-order valence-electron chi connectivity index (χ1n) is 7.11. The number of aliphatic hydroxyl groups is 1. The van der Waals surface area contributed by atoms with Crippen LogP contribution in [0.1, 0.15) is 19.3 Å². The highest BCUT2D eigenvalue weighted by Gasteiger charge is 2.24. The summed E-state index contributed by atoms with van der Waals surface area (Å²) < 4.78 is 27.9. The Hall–Kier alpha value is -1.15. The molecule has 21 heavy (non-hydrogen) atoms. The molecule has 0 amide bonds. The lowest BCUT2D eigenvalue weighted by atomic mass is 9.91. The molecule has 1 fully saturated rings. The van der Waals surface area contributed by atoms with E-state index in [9.17, 15) is 8.42 Å². The topological polar surface area (TPSA) is 92.9 Å². The van der Waals surface area contributed by atoms with Crippen molar-refractivity contribution in [3.63, 3.8) is 0 Å². The van der Waals surface area contributed by atoms with Crippen molar-refractivity contribution in [2.75, 3.05) is 26.3 Å². The monoisotopic (exact) mass is 314 g/mol. The van der Waals surface area contributed by atoms with Crippen molar-refractivity contribution in [1.29, 1.82) is 0 Å². The highest BCUT2D eigenvalue weighted by atomic mass is 32.2. The second-order valence-electron chi connectivity index (χ2n) is 5.21. The number of ether oxygens (including phenoxy) is 1. The lowest BCUT2D eigenvalue weighted by molar-refractivity contribution is 0.0860. The van der Waals surface area contributed by atoms with Gasteiger partial charge in [-0.2, -0.15) is 0 Å². The molecule has 3 N–H and O–H groups in total. The fourth-order valence-electron chi connectivity index (χ4n) is 2.36. The maximum absolute atomic E-state index is 11.1. The minimum absolute atomic E-state index is 0.0752. The molecule has 1 saturated carbocycles. The molecular weight excluding hydrogens is 292 g/mol. The number of aliphatic hydroxyl groups excluding tert-OH is 1. The average Bonchev–Trinajstić information content (AvgIpc) is 2.36. The Bertz CT molecular complexity index is 541. The Morgan fingerprint density at radius 2 is 1.90 bits per heavy atom. The number of benzene rings is 1. The van der Waals surface area contributed by atoms with Crippen LogP contribution in [0.5, 0.6) is 5.75 Å². The van der Waals surface area contributed by atoms with Gasteiger partial charge in [-0.05, 0) is 37.1 Å². The van der Waals surface area contributed by atoms with Gasteiger partial charge in [-0.25, -0.2) is 13.6 Å². The van der Waals surface area contributed by atoms with Crippen LogP contribution in [0.15, 0.2) is 29.2 Å². The SMILES string of the molecule is NS(=O)(=O)c1ccc(OCCN(CCO)C2CCC2)cc1. The largest absolute Gasteiger partial charge is 0.492 e. The summed E-state index contributed by atoms with van der Waals surface area (Å²) >= 11 is 0. The summed E-state index contributed by atoms with van der Waals surface area (Å²) in [6.07, 6.45) is 3.62. The van der Waals surface area contributed by atoms with Crippen LogP contribution in [-0.2, 0) is 10.0 Å². The van der Waals surface area contributed by atoms with E-state index in [0.29, 0.717) is 24.9 Å². The molecule has 1 aromatic carbocycles. The first kappa shape index (κ1) is 16.2. The molecule has 1 aromatic rings. The van der Waals surface area contributed by atoms with E-state index in [0.717, 1.165) is 6.54 Å². The minimum Gasteiger partial charge on any atom is -0.492 e. The third-order valence-electron chi connectivity index (χ3n) is 3.78.